The van der Waals surface area contributed by atoms with Gasteiger partial charge in [-0.2, -0.15) is 5.10 Å². The molecule has 1 aliphatic heterocycles. The Morgan fingerprint density at radius 1 is 1.16 bits per heavy atom. The van der Waals surface area contributed by atoms with Gasteiger partial charge in [0.15, 0.2) is 23.0 Å². The number of hydrogen-bond acceptors (Lipinski definition) is 9. The number of rotatable bonds is 6. The highest BCUT2D eigenvalue weighted by atomic mass is 19.1. The van der Waals surface area contributed by atoms with E-state index in [2.05, 4.69) is 20.1 Å². The van der Waals surface area contributed by atoms with Gasteiger partial charge in [-0.05, 0) is 44.4 Å². The molecule has 196 valence electrons. The molecule has 5 rings (SSSR count). The number of nitrogens with two attached hydrogens (primary N) is 1. The number of ether oxygens (including phenoxy) is 2. The summed E-state index contributed by atoms with van der Waals surface area (Å²) in [6, 6.07) is 9.28. The number of esters is 1. The van der Waals surface area contributed by atoms with Crippen molar-refractivity contribution in [3.05, 3.63) is 60.2 Å². The second-order valence-corrected chi connectivity index (χ2v) is 8.74. The number of hydrogen-bond donors (Lipinski definition) is 1. The summed E-state index contributed by atoms with van der Waals surface area (Å²) in [5, 5.41) is 5.24. The smallest absolute Gasteiger partial charge is 0.416 e. The molecule has 1 fully saturated rings. The minimum atomic E-state index is -0.727. The van der Waals surface area contributed by atoms with E-state index >= 15 is 0 Å². The van der Waals surface area contributed by atoms with E-state index in [9.17, 15) is 14.0 Å². The first-order valence-electron chi connectivity index (χ1n) is 12.3. The second-order valence-electron chi connectivity index (χ2n) is 8.74. The number of likely N-dealkylation sites (tertiary alicyclic amines) is 1. The summed E-state index contributed by atoms with van der Waals surface area (Å²) < 4.78 is 26.4. The van der Waals surface area contributed by atoms with Crippen LogP contribution in [0.5, 0.6) is 5.75 Å². The van der Waals surface area contributed by atoms with Gasteiger partial charge in [-0.15, -0.1) is 0 Å². The third-order valence-corrected chi connectivity index (χ3v) is 6.27. The van der Waals surface area contributed by atoms with Crippen molar-refractivity contribution < 1.29 is 23.5 Å². The van der Waals surface area contributed by atoms with Crippen molar-refractivity contribution in [3.63, 3.8) is 0 Å². The number of piperidine rings is 1. The highest BCUT2D eigenvalue weighted by Crippen LogP contribution is 2.29. The summed E-state index contributed by atoms with van der Waals surface area (Å²) in [7, 11) is 0. The van der Waals surface area contributed by atoms with Gasteiger partial charge in [-0.3, -0.25) is 4.90 Å². The second kappa shape index (κ2) is 10.8. The van der Waals surface area contributed by atoms with Gasteiger partial charge in [0.25, 0.3) is 0 Å². The van der Waals surface area contributed by atoms with Crippen molar-refractivity contribution in [1.29, 1.82) is 0 Å². The average Bonchev–Trinajstić information content (AvgIpc) is 3.29. The molecule has 1 atom stereocenters. The molecular weight excluding hydrogens is 493 g/mol. The first kappa shape index (κ1) is 25.1. The lowest BCUT2D eigenvalue weighted by molar-refractivity contribution is -0.149. The fraction of sp³-hybridized carbons (Fsp3) is 0.308. The fourth-order valence-corrected chi connectivity index (χ4v) is 4.44. The van der Waals surface area contributed by atoms with Crippen LogP contribution in [0.4, 0.5) is 15.0 Å². The Bertz CT molecular complexity index is 1490. The van der Waals surface area contributed by atoms with Crippen LogP contribution in [0.15, 0.2) is 48.8 Å². The Morgan fingerprint density at radius 2 is 2.00 bits per heavy atom. The van der Waals surface area contributed by atoms with Crippen LogP contribution in [0.1, 0.15) is 31.7 Å². The minimum absolute atomic E-state index is 0.0415. The van der Waals surface area contributed by atoms with Crippen LogP contribution in [-0.4, -0.2) is 60.9 Å². The third kappa shape index (κ3) is 4.97. The number of amides is 1. The van der Waals surface area contributed by atoms with Crippen molar-refractivity contribution in [1.82, 2.24) is 29.6 Å². The zero-order valence-corrected chi connectivity index (χ0v) is 20.7. The molecule has 0 spiro atoms. The van der Waals surface area contributed by atoms with Crippen LogP contribution in [0, 0.1) is 5.82 Å². The van der Waals surface area contributed by atoms with Crippen molar-refractivity contribution in [2.75, 3.05) is 18.9 Å². The van der Waals surface area contributed by atoms with E-state index in [1.165, 1.54) is 17.2 Å². The number of halogens is 1. The van der Waals surface area contributed by atoms with Crippen LogP contribution in [0.3, 0.4) is 0 Å². The van der Waals surface area contributed by atoms with Gasteiger partial charge in [-0.25, -0.2) is 33.6 Å². The number of nitrogens with zero attached hydrogens (tertiary/aromatic N) is 6. The molecule has 1 unspecified atom stereocenters. The van der Waals surface area contributed by atoms with Crippen LogP contribution in [0.25, 0.3) is 22.6 Å². The van der Waals surface area contributed by atoms with E-state index in [1.54, 1.807) is 42.1 Å². The lowest BCUT2D eigenvalue weighted by atomic mass is 10.0. The van der Waals surface area contributed by atoms with Crippen LogP contribution in [0.2, 0.25) is 0 Å². The monoisotopic (exact) mass is 519 g/mol. The van der Waals surface area contributed by atoms with E-state index in [-0.39, 0.29) is 36.4 Å². The molecule has 1 amide bonds. The molecule has 1 saturated heterocycles. The van der Waals surface area contributed by atoms with Crippen molar-refractivity contribution in [3.8, 4) is 17.3 Å². The Hall–Kier alpha value is -4.61. The number of carbonyl (C=O) groups excluding carboxylic acids is 2. The molecule has 11 nitrogen and oxygen atoms in total. The number of fused-ring (bicyclic) bond motifs is 1. The van der Waals surface area contributed by atoms with Gasteiger partial charge in [0.05, 0.1) is 24.7 Å². The SMILES string of the molecule is CCOC(=O)C1CCCCN1C(=O)Oc1cnc(-c2nn(Cc3ccccc3F)c3ncccc23)nc1N. The summed E-state index contributed by atoms with van der Waals surface area (Å²) in [5.41, 5.74) is 7.51. The largest absolute Gasteiger partial charge is 0.464 e. The van der Waals surface area contributed by atoms with Gasteiger partial charge in [0.2, 0.25) is 0 Å². The molecule has 0 saturated carbocycles. The highest BCUT2D eigenvalue weighted by Gasteiger charge is 2.34. The number of pyridine rings is 1. The van der Waals surface area contributed by atoms with Crippen LogP contribution < -0.4 is 10.5 Å². The topological polar surface area (TPSA) is 138 Å². The summed E-state index contributed by atoms with van der Waals surface area (Å²) >= 11 is 0. The number of nitrogen functional groups attached to an aromatic ring is 1. The van der Waals surface area contributed by atoms with Gasteiger partial charge in [-0.1, -0.05) is 18.2 Å². The quantitative estimate of drug-likeness (QED) is 0.379. The third-order valence-electron chi connectivity index (χ3n) is 6.27. The minimum Gasteiger partial charge on any atom is -0.464 e. The van der Waals surface area contributed by atoms with E-state index < -0.39 is 18.1 Å². The molecule has 12 heteroatoms. The van der Waals surface area contributed by atoms with Crippen LogP contribution in [-0.2, 0) is 16.1 Å². The van der Waals surface area contributed by atoms with E-state index in [0.717, 1.165) is 12.8 Å². The summed E-state index contributed by atoms with van der Waals surface area (Å²) in [5.74, 6) is -0.738. The molecule has 2 N–H and O–H groups in total. The number of aromatic nitrogens is 5. The first-order chi connectivity index (χ1) is 18.5. The standard InChI is InChI=1S/C26H26FN7O4/c1-2-37-25(35)19-11-5-6-13-33(19)26(36)38-20-14-30-23(31-22(20)28)21-17-9-7-12-29-24(17)34(32-21)15-16-8-3-4-10-18(16)27/h3-4,7-10,12,14,19H,2,5-6,11,13,15H2,1H3,(H2,28,30,31). The van der Waals surface area contributed by atoms with E-state index in [1.807, 2.05) is 6.07 Å². The molecule has 1 aromatic carbocycles. The maximum Gasteiger partial charge on any atom is 0.416 e. The van der Waals surface area contributed by atoms with Gasteiger partial charge in [0, 0.05) is 18.3 Å². The Labute approximate surface area is 217 Å². The zero-order valence-electron chi connectivity index (χ0n) is 20.7. The lowest BCUT2D eigenvalue weighted by Crippen LogP contribution is -2.49. The predicted octanol–water partition coefficient (Wildman–Crippen LogP) is 3.57. The molecule has 4 heterocycles. The number of anilines is 1. The molecule has 0 aliphatic carbocycles. The summed E-state index contributed by atoms with van der Waals surface area (Å²) in [4.78, 5) is 39.6. The Morgan fingerprint density at radius 3 is 2.79 bits per heavy atom. The highest BCUT2D eigenvalue weighted by molar-refractivity contribution is 5.89. The maximum atomic E-state index is 14.3. The fourth-order valence-electron chi connectivity index (χ4n) is 4.44. The van der Waals surface area contributed by atoms with Crippen molar-refractivity contribution in [2.24, 2.45) is 0 Å². The molecule has 3 aromatic heterocycles. The Balaban J connectivity index is 1.40. The van der Waals surface area contributed by atoms with E-state index in [4.69, 9.17) is 15.2 Å². The van der Waals surface area contributed by atoms with Crippen LogP contribution >= 0.6 is 0 Å². The molecule has 0 radical (unpaired) electrons. The van der Waals surface area contributed by atoms with Crippen molar-refractivity contribution >= 4 is 28.9 Å². The normalized spacial score (nSPS) is 15.4. The lowest BCUT2D eigenvalue weighted by Gasteiger charge is -2.32. The van der Waals surface area contributed by atoms with E-state index in [0.29, 0.717) is 35.3 Å². The summed E-state index contributed by atoms with van der Waals surface area (Å²) in [6.07, 6.45) is 4.22. The first-order valence-corrected chi connectivity index (χ1v) is 12.3. The molecule has 0 bridgehead atoms. The predicted molar refractivity (Wildman–Crippen MR) is 135 cm³/mol. The van der Waals surface area contributed by atoms with Crippen molar-refractivity contribution in [2.45, 2.75) is 38.8 Å². The maximum absolute atomic E-state index is 14.3. The van der Waals surface area contributed by atoms with Gasteiger partial charge < -0.3 is 15.2 Å². The Kier molecular flexibility index (Phi) is 7.11. The molecular formula is C26H26FN7O4. The zero-order chi connectivity index (χ0) is 26.6. The molecule has 38 heavy (non-hydrogen) atoms. The van der Waals surface area contributed by atoms with Gasteiger partial charge >= 0.3 is 12.1 Å². The average molecular weight is 520 g/mol. The molecule has 4 aromatic rings. The summed E-state index contributed by atoms with van der Waals surface area (Å²) in [6.45, 7) is 2.45. The molecule has 1 aliphatic rings. The number of carbonyl (C=O) groups is 2. The van der Waals surface area contributed by atoms with Gasteiger partial charge in [0.1, 0.15) is 17.6 Å². The number of benzene rings is 1.